The summed E-state index contributed by atoms with van der Waals surface area (Å²) in [6.45, 7) is 12.3. The molecule has 0 rings (SSSR count). The Balaban J connectivity index is 4.03. The second kappa shape index (κ2) is 2.34. The van der Waals surface area contributed by atoms with Crippen LogP contribution in [-0.4, -0.2) is 0 Å². The van der Waals surface area contributed by atoms with Crippen LogP contribution in [-0.2, 0) is 0 Å². The zero-order valence-corrected chi connectivity index (χ0v) is 6.28. The molecule has 8 heavy (non-hydrogen) atoms. The molecule has 0 heteroatoms. The van der Waals surface area contributed by atoms with E-state index in [-0.39, 0.29) is 5.41 Å². The first-order valence-corrected chi connectivity index (χ1v) is 2.97. The zero-order chi connectivity index (χ0) is 6.78. The van der Waals surface area contributed by atoms with Gasteiger partial charge in [0.05, 0.1) is 0 Å². The van der Waals surface area contributed by atoms with E-state index in [0.717, 1.165) is 0 Å². The first-order chi connectivity index (χ1) is 3.48. The molecule has 0 N–H and O–H groups in total. The molecule has 0 bridgehead atoms. The van der Waals surface area contributed by atoms with Crippen LogP contribution in [0.25, 0.3) is 0 Å². The van der Waals surface area contributed by atoms with Crippen molar-refractivity contribution in [1.82, 2.24) is 0 Å². The van der Waals surface area contributed by atoms with Crippen LogP contribution in [0.3, 0.4) is 0 Å². The van der Waals surface area contributed by atoms with Crippen LogP contribution in [0.15, 0.2) is 11.6 Å². The molecular formula is C8H15. The van der Waals surface area contributed by atoms with Gasteiger partial charge >= 0.3 is 0 Å². The number of allylic oxidation sites excluding steroid dienone is 2. The van der Waals surface area contributed by atoms with E-state index in [0.29, 0.717) is 0 Å². The van der Waals surface area contributed by atoms with Gasteiger partial charge in [-0.25, -0.2) is 0 Å². The largest absolute Gasteiger partial charge is 0.0882 e. The third-order valence-corrected chi connectivity index (χ3v) is 1.50. The molecule has 0 spiro atoms. The fourth-order valence-electron chi connectivity index (χ4n) is 0.391. The smallest absolute Gasteiger partial charge is 0.0147 e. The molecule has 0 nitrogen and oxygen atoms in total. The third kappa shape index (κ3) is 2.15. The van der Waals surface area contributed by atoms with Crippen LogP contribution in [0.2, 0.25) is 0 Å². The molecule has 47 valence electrons. The van der Waals surface area contributed by atoms with Crippen molar-refractivity contribution in [2.75, 3.05) is 0 Å². The Morgan fingerprint density at radius 2 is 1.88 bits per heavy atom. The maximum Gasteiger partial charge on any atom is -0.0147 e. The van der Waals surface area contributed by atoms with E-state index in [2.05, 4.69) is 33.8 Å². The van der Waals surface area contributed by atoms with Crippen LogP contribution in [0.1, 0.15) is 27.7 Å². The standard InChI is InChI=1S/C8H15/c1-6-7(2)8(3,4)5/h6H,3H2,1-2,4-5H3/b7-6+. The minimum absolute atomic E-state index is 0.120. The maximum absolute atomic E-state index is 3.97. The Bertz CT molecular complexity index is 91.1. The highest BCUT2D eigenvalue weighted by Crippen LogP contribution is 2.22. The average Bonchev–Trinajstić information content (AvgIpc) is 1.62. The van der Waals surface area contributed by atoms with Crippen molar-refractivity contribution in [1.29, 1.82) is 0 Å². The van der Waals surface area contributed by atoms with E-state index in [1.165, 1.54) is 5.57 Å². The highest BCUT2D eigenvalue weighted by Gasteiger charge is 2.10. The molecule has 1 radical (unpaired) electrons. The first-order valence-electron chi connectivity index (χ1n) is 2.97. The van der Waals surface area contributed by atoms with Gasteiger partial charge in [-0.3, -0.25) is 0 Å². The van der Waals surface area contributed by atoms with Crippen molar-refractivity contribution in [3.8, 4) is 0 Å². The monoisotopic (exact) mass is 111 g/mol. The van der Waals surface area contributed by atoms with Gasteiger partial charge in [-0.1, -0.05) is 25.5 Å². The summed E-state index contributed by atoms with van der Waals surface area (Å²) in [7, 11) is 0. The molecule has 0 aliphatic heterocycles. The lowest BCUT2D eigenvalue weighted by atomic mass is 9.88. The fraction of sp³-hybridized carbons (Fsp3) is 0.625. The van der Waals surface area contributed by atoms with Gasteiger partial charge in [-0.2, -0.15) is 0 Å². The van der Waals surface area contributed by atoms with E-state index in [1.807, 2.05) is 6.92 Å². The van der Waals surface area contributed by atoms with Crippen LogP contribution < -0.4 is 0 Å². The van der Waals surface area contributed by atoms with E-state index in [1.54, 1.807) is 0 Å². The number of hydrogen-bond acceptors (Lipinski definition) is 0. The summed E-state index contributed by atoms with van der Waals surface area (Å²) < 4.78 is 0. The topological polar surface area (TPSA) is 0 Å². The van der Waals surface area contributed by atoms with Crippen LogP contribution in [0.4, 0.5) is 0 Å². The molecule has 0 amide bonds. The lowest BCUT2D eigenvalue weighted by Crippen LogP contribution is -2.05. The Morgan fingerprint density at radius 1 is 1.50 bits per heavy atom. The summed E-state index contributed by atoms with van der Waals surface area (Å²) in [4.78, 5) is 0. The molecule has 0 aliphatic carbocycles. The zero-order valence-electron chi connectivity index (χ0n) is 6.28. The summed E-state index contributed by atoms with van der Waals surface area (Å²) in [6.07, 6.45) is 2.10. The van der Waals surface area contributed by atoms with Gasteiger partial charge in [0.25, 0.3) is 0 Å². The molecule has 0 aromatic carbocycles. The average molecular weight is 111 g/mol. The van der Waals surface area contributed by atoms with E-state index in [9.17, 15) is 0 Å². The van der Waals surface area contributed by atoms with Gasteiger partial charge in [-0.05, 0) is 26.2 Å². The van der Waals surface area contributed by atoms with Crippen molar-refractivity contribution < 1.29 is 0 Å². The van der Waals surface area contributed by atoms with E-state index < -0.39 is 0 Å². The minimum atomic E-state index is 0.120. The minimum Gasteiger partial charge on any atom is -0.0882 e. The maximum atomic E-state index is 3.97. The fourth-order valence-corrected chi connectivity index (χ4v) is 0.391. The molecule has 0 atom stereocenters. The second-order valence-corrected chi connectivity index (χ2v) is 2.86. The highest BCUT2D eigenvalue weighted by molar-refractivity contribution is 5.08. The summed E-state index contributed by atoms with van der Waals surface area (Å²) in [5.74, 6) is 0. The van der Waals surface area contributed by atoms with Gasteiger partial charge in [0.15, 0.2) is 0 Å². The van der Waals surface area contributed by atoms with Gasteiger partial charge in [0.2, 0.25) is 0 Å². The lowest BCUT2D eigenvalue weighted by molar-refractivity contribution is 0.573. The summed E-state index contributed by atoms with van der Waals surface area (Å²) in [6, 6.07) is 0. The number of hydrogen-bond donors (Lipinski definition) is 0. The quantitative estimate of drug-likeness (QED) is 0.456. The summed E-state index contributed by atoms with van der Waals surface area (Å²) >= 11 is 0. The molecule has 0 aliphatic rings. The molecule has 0 unspecified atom stereocenters. The Morgan fingerprint density at radius 3 is 1.88 bits per heavy atom. The third-order valence-electron chi connectivity index (χ3n) is 1.50. The molecular weight excluding hydrogens is 96.1 g/mol. The van der Waals surface area contributed by atoms with Gasteiger partial charge in [0, 0.05) is 0 Å². The van der Waals surface area contributed by atoms with Crippen LogP contribution >= 0.6 is 0 Å². The van der Waals surface area contributed by atoms with Gasteiger partial charge in [-0.15, -0.1) is 0 Å². The Hall–Kier alpha value is -0.260. The molecule has 0 aromatic heterocycles. The van der Waals surface area contributed by atoms with Gasteiger partial charge < -0.3 is 0 Å². The Labute approximate surface area is 52.6 Å². The van der Waals surface area contributed by atoms with Crippen molar-refractivity contribution >= 4 is 0 Å². The van der Waals surface area contributed by atoms with Crippen molar-refractivity contribution in [2.24, 2.45) is 5.41 Å². The lowest BCUT2D eigenvalue weighted by Gasteiger charge is -2.18. The van der Waals surface area contributed by atoms with Gasteiger partial charge in [0.1, 0.15) is 0 Å². The summed E-state index contributed by atoms with van der Waals surface area (Å²) in [5, 5.41) is 0. The van der Waals surface area contributed by atoms with Crippen molar-refractivity contribution in [2.45, 2.75) is 27.7 Å². The van der Waals surface area contributed by atoms with E-state index in [4.69, 9.17) is 0 Å². The second-order valence-electron chi connectivity index (χ2n) is 2.86. The molecule has 0 fully saturated rings. The molecule has 0 aromatic rings. The predicted molar refractivity (Wildman–Crippen MR) is 38.6 cm³/mol. The normalized spacial score (nSPS) is 14.4. The molecule has 0 saturated heterocycles. The Kier molecular flexibility index (Phi) is 2.26. The predicted octanol–water partition coefficient (Wildman–Crippen LogP) is 2.81. The SMILES string of the molecule is [CH2]C(C)(C)/C(C)=C/C. The van der Waals surface area contributed by atoms with E-state index >= 15 is 0 Å². The highest BCUT2D eigenvalue weighted by atomic mass is 14.1. The van der Waals surface area contributed by atoms with Crippen molar-refractivity contribution in [3.63, 3.8) is 0 Å². The summed E-state index contributed by atoms with van der Waals surface area (Å²) in [5.41, 5.74) is 1.46. The molecule has 0 heterocycles. The first kappa shape index (κ1) is 7.74. The van der Waals surface area contributed by atoms with Crippen molar-refractivity contribution in [3.05, 3.63) is 18.6 Å². The number of rotatable bonds is 1. The van der Waals surface area contributed by atoms with Crippen LogP contribution in [0.5, 0.6) is 0 Å². The van der Waals surface area contributed by atoms with Crippen LogP contribution in [0, 0.1) is 12.3 Å². The molecule has 0 saturated carbocycles.